The van der Waals surface area contributed by atoms with Crippen LogP contribution in [0.15, 0.2) is 0 Å². The van der Waals surface area contributed by atoms with Crippen LogP contribution in [0.1, 0.15) is 0 Å². The number of rotatable bonds is 0. The molecule has 0 aliphatic rings. The fourth-order valence-corrected chi connectivity index (χ4v) is 0. The van der Waals surface area contributed by atoms with Gasteiger partial charge in [-0.15, -0.1) is 0 Å². The Bertz CT molecular complexity index is 268. The van der Waals surface area contributed by atoms with Gasteiger partial charge in [0.15, 0.2) is 0 Å². The van der Waals surface area contributed by atoms with E-state index >= 15 is 0 Å². The second kappa shape index (κ2) is 5.31. The molecule has 0 nitrogen and oxygen atoms in total. The van der Waals surface area contributed by atoms with Crippen molar-refractivity contribution in [3.63, 3.8) is 0 Å². The first-order chi connectivity index (χ1) is 7.35. The molecule has 0 heterocycles. The van der Waals surface area contributed by atoms with Gasteiger partial charge in [-0.05, 0) is 0 Å². The molecule has 0 amide bonds. The molecule has 0 saturated heterocycles. The molecule has 0 spiro atoms. The van der Waals surface area contributed by atoms with Crippen LogP contribution in [0.3, 0.4) is 0 Å². The van der Waals surface area contributed by atoms with Crippen molar-refractivity contribution in [3.05, 3.63) is 0 Å². The third-order valence-corrected chi connectivity index (χ3v) is 0. The maximum atomic E-state index is 9.87. The molecule has 1 unspecified atom stereocenters. The Morgan fingerprint density at radius 1 is 0.261 bits per heavy atom. The average molecular weight is 661 g/mol. The summed E-state index contributed by atoms with van der Waals surface area (Å²) in [6.07, 6.45) is 0. The molecule has 0 aromatic heterocycles. The topological polar surface area (TPSA) is 0 Å². The summed E-state index contributed by atoms with van der Waals surface area (Å²) in [5, 5.41) is 0. The summed E-state index contributed by atoms with van der Waals surface area (Å²) >= 11 is 0. The normalized spacial score (nSPS) is 21.1. The second-order valence-electron chi connectivity index (χ2n) is 2.87. The van der Waals surface area contributed by atoms with Crippen LogP contribution in [0.5, 0.6) is 0 Å². The van der Waals surface area contributed by atoms with Crippen molar-refractivity contribution >= 4 is 33.3 Å². The van der Waals surface area contributed by atoms with Crippen molar-refractivity contribution in [3.8, 4) is 0 Å². The first kappa shape index (κ1) is 35.3. The van der Waals surface area contributed by atoms with Crippen LogP contribution >= 0.6 is 33.3 Å². The Labute approximate surface area is 130 Å². The Balaban J connectivity index is -0.0000000675. The molecule has 0 N–H and O–H groups in total. The van der Waals surface area contributed by atoms with E-state index in [9.17, 15) is 75.5 Å². The van der Waals surface area contributed by atoms with Gasteiger partial charge >= 0.3 is 119 Å². The molecule has 23 heavy (non-hydrogen) atoms. The Hall–Kier alpha value is 1.11. The summed E-state index contributed by atoms with van der Waals surface area (Å²) in [4.78, 5) is 0. The molecule has 0 fully saturated rings. The fourth-order valence-electron chi connectivity index (χ4n) is 0. The third kappa shape index (κ3) is 8370. The van der Waals surface area contributed by atoms with Gasteiger partial charge in [-0.3, -0.25) is 0 Å². The van der Waals surface area contributed by atoms with Gasteiger partial charge in [0.2, 0.25) is 0 Å². The Morgan fingerprint density at radius 3 is 0.261 bits per heavy atom. The maximum Gasteiger partial charge on any atom is 3.00 e. The predicted octanol–water partition coefficient (Wildman–Crippen LogP) is 10.2. The van der Waals surface area contributed by atoms with Crippen LogP contribution in [-0.2, 0) is 20.1 Å². The minimum absolute atomic E-state index is 0. The van der Waals surface area contributed by atoms with Crippen molar-refractivity contribution in [1.82, 2.24) is 0 Å². The van der Waals surface area contributed by atoms with E-state index in [0.717, 1.165) is 0 Å². The van der Waals surface area contributed by atoms with E-state index in [0.29, 0.717) is 0 Å². The van der Waals surface area contributed by atoms with Crippen molar-refractivity contribution in [2.45, 2.75) is 0 Å². The Kier molecular flexibility index (Phi) is 8.15. The van der Waals surface area contributed by atoms with Crippen molar-refractivity contribution < 1.29 is 95.6 Å². The minimum atomic E-state index is -10.7. The summed E-state index contributed by atoms with van der Waals surface area (Å²) in [6.45, 7) is 0. The van der Waals surface area contributed by atoms with Gasteiger partial charge in [0.25, 0.3) is 0 Å². The third-order valence-electron chi connectivity index (χ3n) is 0. The monoisotopic (exact) mass is 662 g/mol. The molecule has 0 saturated carbocycles. The van der Waals surface area contributed by atoms with Crippen LogP contribution < -0.4 is 0 Å². The zero-order valence-electron chi connectivity index (χ0n) is 9.19. The molecule has 23 heteroatoms. The number of halogens is 18. The summed E-state index contributed by atoms with van der Waals surface area (Å²) in [7, 11) is -32.0. The second-order valence-corrected chi connectivity index (χ2v) is 8.62. The SMILES string of the molecule is F[P-](F)(F)(F)(F)F.F[P-](F)(F)(F)(F)F.F[P-](F)(F)(F)(F)F.P.[Ir+3]. The van der Waals surface area contributed by atoms with Gasteiger partial charge in [0.1, 0.15) is 0 Å². The van der Waals surface area contributed by atoms with Crippen LogP contribution in [0, 0.1) is 0 Å². The number of hydrogen-bond donors (Lipinski definition) is 0. The molecule has 0 rings (SSSR count). The molecular formula is H3F18IrP4. The van der Waals surface area contributed by atoms with Gasteiger partial charge in [-0.2, -0.15) is 9.90 Å². The number of hydrogen-bond acceptors (Lipinski definition) is 0. The van der Waals surface area contributed by atoms with E-state index in [2.05, 4.69) is 0 Å². The minimum Gasteiger partial charge on any atom is -0.153 e. The first-order valence-electron chi connectivity index (χ1n) is 3.04. The largest absolute Gasteiger partial charge is 3.00 e. The van der Waals surface area contributed by atoms with E-state index in [-0.39, 0.29) is 30.0 Å². The van der Waals surface area contributed by atoms with Crippen molar-refractivity contribution in [2.75, 3.05) is 0 Å². The standard InChI is InChI=1S/3F6P.Ir.H3P/c3*1-7(2,3,4,5)6;;/h;;;;1H3/q3*-1;+3;. The van der Waals surface area contributed by atoms with E-state index in [1.54, 1.807) is 0 Å². The van der Waals surface area contributed by atoms with E-state index in [1.807, 2.05) is 0 Å². The van der Waals surface area contributed by atoms with Crippen LogP contribution in [0.2, 0.25) is 0 Å². The summed E-state index contributed by atoms with van der Waals surface area (Å²) in [5.74, 6) is 0. The molecule has 0 bridgehead atoms. The molecule has 158 valence electrons. The van der Waals surface area contributed by atoms with E-state index < -0.39 is 23.4 Å². The Morgan fingerprint density at radius 2 is 0.261 bits per heavy atom. The van der Waals surface area contributed by atoms with Gasteiger partial charge in [-0.25, -0.2) is 0 Å². The van der Waals surface area contributed by atoms with Crippen molar-refractivity contribution in [1.29, 1.82) is 0 Å². The van der Waals surface area contributed by atoms with Gasteiger partial charge in [0, 0.05) is 0 Å². The van der Waals surface area contributed by atoms with Crippen LogP contribution in [-0.4, -0.2) is 0 Å². The zero-order chi connectivity index (χ0) is 19.2. The van der Waals surface area contributed by atoms with Crippen LogP contribution in [0.25, 0.3) is 0 Å². The van der Waals surface area contributed by atoms with Crippen molar-refractivity contribution in [2.24, 2.45) is 0 Å². The smallest absolute Gasteiger partial charge is 0.153 e. The van der Waals surface area contributed by atoms with Crippen LogP contribution in [0.4, 0.5) is 75.5 Å². The average Bonchev–Trinajstić information content (AvgIpc) is 1.19. The van der Waals surface area contributed by atoms with E-state index in [4.69, 9.17) is 0 Å². The molecule has 0 aliphatic heterocycles. The first-order valence-corrected chi connectivity index (χ1v) is 9.13. The summed E-state index contributed by atoms with van der Waals surface area (Å²) in [5.41, 5.74) is 0. The predicted molar refractivity (Wildman–Crippen MR) is 51.8 cm³/mol. The zero-order valence-corrected chi connectivity index (χ0v) is 15.7. The van der Waals surface area contributed by atoms with Gasteiger partial charge in [0.05, 0.1) is 0 Å². The molecule has 0 aromatic carbocycles. The molecule has 0 aliphatic carbocycles. The molecule has 0 aromatic rings. The molecule has 0 radical (unpaired) electrons. The fraction of sp³-hybridized carbons (Fsp3) is 0. The molecule has 1 atom stereocenters. The van der Waals surface area contributed by atoms with E-state index in [1.165, 1.54) is 0 Å². The summed E-state index contributed by atoms with van der Waals surface area (Å²) < 4.78 is 178. The maximum absolute atomic E-state index is 10.7. The quantitative estimate of drug-likeness (QED) is 0.179. The van der Waals surface area contributed by atoms with Gasteiger partial charge < -0.3 is 0 Å². The van der Waals surface area contributed by atoms with Gasteiger partial charge in [-0.1, -0.05) is 0 Å². The summed E-state index contributed by atoms with van der Waals surface area (Å²) in [6, 6.07) is 0. The molecular weight excluding hydrogens is 658 g/mol.